The average Bonchev–Trinajstić information content (AvgIpc) is 3.16. The van der Waals surface area contributed by atoms with E-state index in [1.165, 1.54) is 18.3 Å². The van der Waals surface area contributed by atoms with Gasteiger partial charge < -0.3 is 15.4 Å². The van der Waals surface area contributed by atoms with Crippen molar-refractivity contribution in [3.63, 3.8) is 0 Å². The molecule has 1 aromatic heterocycles. The number of benzene rings is 1. The molecule has 1 aliphatic rings. The number of carbonyl (C=O) groups excluding carboxylic acids is 1. The summed E-state index contributed by atoms with van der Waals surface area (Å²) in [6.45, 7) is 3.03. The molecule has 28 heavy (non-hydrogen) atoms. The normalized spacial score (nSPS) is 16.8. The molecule has 0 unspecified atom stereocenters. The molecule has 0 aliphatic carbocycles. The topological polar surface area (TPSA) is 63.2 Å². The van der Waals surface area contributed by atoms with Gasteiger partial charge in [0.25, 0.3) is 0 Å². The largest absolute Gasteiger partial charge is 0.418 e. The highest BCUT2D eigenvalue weighted by Gasteiger charge is 2.34. The van der Waals surface area contributed by atoms with Crippen LogP contribution in [0.15, 0.2) is 30.5 Å². The summed E-state index contributed by atoms with van der Waals surface area (Å²) in [4.78, 5) is 16.3. The van der Waals surface area contributed by atoms with Gasteiger partial charge >= 0.3 is 6.18 Å². The van der Waals surface area contributed by atoms with E-state index in [4.69, 9.17) is 16.3 Å². The molecule has 5 nitrogen and oxygen atoms in total. The number of hydrogen-bond donors (Lipinski definition) is 2. The van der Waals surface area contributed by atoms with Gasteiger partial charge in [-0.15, -0.1) is 0 Å². The Morgan fingerprint density at radius 2 is 2.14 bits per heavy atom. The van der Waals surface area contributed by atoms with Crippen molar-refractivity contribution in [1.82, 2.24) is 10.3 Å². The van der Waals surface area contributed by atoms with Gasteiger partial charge in [0.2, 0.25) is 5.91 Å². The third kappa shape index (κ3) is 4.94. The molecule has 1 amide bonds. The Balaban J connectivity index is 1.70. The summed E-state index contributed by atoms with van der Waals surface area (Å²) in [6, 6.07) is 5.22. The van der Waals surface area contributed by atoms with Gasteiger partial charge in [0, 0.05) is 11.6 Å². The third-order valence-corrected chi connectivity index (χ3v) is 4.72. The molecule has 3 rings (SSSR count). The monoisotopic (exact) mass is 413 g/mol. The second-order valence-corrected chi connectivity index (χ2v) is 7.02. The van der Waals surface area contributed by atoms with Crippen LogP contribution in [0, 0.1) is 12.8 Å². The number of pyridine rings is 1. The van der Waals surface area contributed by atoms with Crippen LogP contribution in [0.4, 0.5) is 24.5 Å². The Labute approximate surface area is 165 Å². The van der Waals surface area contributed by atoms with E-state index in [0.29, 0.717) is 31.0 Å². The molecule has 0 radical (unpaired) electrons. The average molecular weight is 414 g/mol. The number of nitrogens with zero attached hydrogens (tertiary/aromatic N) is 1. The maximum Gasteiger partial charge on any atom is 0.418 e. The third-order valence-electron chi connectivity index (χ3n) is 4.48. The highest BCUT2D eigenvalue weighted by Crippen LogP contribution is 2.37. The van der Waals surface area contributed by atoms with Crippen molar-refractivity contribution >= 4 is 28.9 Å². The minimum atomic E-state index is -4.54. The van der Waals surface area contributed by atoms with Crippen LogP contribution in [0.25, 0.3) is 0 Å². The van der Waals surface area contributed by atoms with Crippen molar-refractivity contribution in [3.8, 4) is 0 Å². The predicted molar refractivity (Wildman–Crippen MR) is 99.5 cm³/mol. The zero-order valence-corrected chi connectivity index (χ0v) is 15.8. The van der Waals surface area contributed by atoms with E-state index in [1.807, 2.05) is 0 Å². The fourth-order valence-electron chi connectivity index (χ4n) is 2.93. The van der Waals surface area contributed by atoms with Gasteiger partial charge in [-0.1, -0.05) is 11.6 Å². The fraction of sp³-hybridized carbons (Fsp3) is 0.368. The smallest absolute Gasteiger partial charge is 0.381 e. The van der Waals surface area contributed by atoms with Crippen molar-refractivity contribution in [2.24, 2.45) is 5.92 Å². The number of halogens is 4. The summed E-state index contributed by atoms with van der Waals surface area (Å²) in [7, 11) is 0. The van der Waals surface area contributed by atoms with Gasteiger partial charge in [0.05, 0.1) is 47.9 Å². The number of amides is 1. The Hall–Kier alpha value is -2.32. The summed E-state index contributed by atoms with van der Waals surface area (Å²) in [5.41, 5.74) is 0.832. The molecule has 1 aromatic carbocycles. The molecule has 1 saturated heterocycles. The number of carbonyl (C=O) groups is 1. The SMILES string of the molecule is Cc1cc(Nc2ccc(Cl)cc2C(F)(F)F)cnc1CNC(=O)[C@@H]1CCOC1. The van der Waals surface area contributed by atoms with Crippen molar-refractivity contribution < 1.29 is 22.7 Å². The van der Waals surface area contributed by atoms with Crippen LogP contribution in [0.2, 0.25) is 5.02 Å². The summed E-state index contributed by atoms with van der Waals surface area (Å²) in [5.74, 6) is -0.233. The standard InChI is InChI=1S/C19H19ClF3N3O2/c1-11-6-14(26-16-3-2-13(20)7-15(16)19(21,22)23)8-24-17(11)9-25-18(27)12-4-5-28-10-12/h2-3,6-8,12,26H,4-5,9-10H2,1H3,(H,25,27)/t12-/m1/s1. The van der Waals surface area contributed by atoms with Crippen LogP contribution in [0.3, 0.4) is 0 Å². The molecule has 0 spiro atoms. The first kappa shape index (κ1) is 20.4. The van der Waals surface area contributed by atoms with E-state index >= 15 is 0 Å². The first-order chi connectivity index (χ1) is 13.2. The summed E-state index contributed by atoms with van der Waals surface area (Å²) < 4.78 is 44.8. The lowest BCUT2D eigenvalue weighted by molar-refractivity contribution is -0.137. The van der Waals surface area contributed by atoms with Gasteiger partial charge in [-0.25, -0.2) is 0 Å². The van der Waals surface area contributed by atoms with Crippen LogP contribution in [-0.4, -0.2) is 24.1 Å². The molecule has 1 aliphatic heterocycles. The highest BCUT2D eigenvalue weighted by atomic mass is 35.5. The Morgan fingerprint density at radius 1 is 1.36 bits per heavy atom. The second kappa shape index (κ2) is 8.36. The van der Waals surface area contributed by atoms with Gasteiger partial charge in [-0.05, 0) is 43.2 Å². The quantitative estimate of drug-likeness (QED) is 0.759. The van der Waals surface area contributed by atoms with E-state index < -0.39 is 11.7 Å². The molecule has 0 bridgehead atoms. The molecule has 2 aromatic rings. The number of anilines is 2. The number of hydrogen-bond acceptors (Lipinski definition) is 4. The predicted octanol–water partition coefficient (Wildman–Crippen LogP) is 4.46. The van der Waals surface area contributed by atoms with Gasteiger partial charge in [-0.2, -0.15) is 13.2 Å². The second-order valence-electron chi connectivity index (χ2n) is 6.58. The fourth-order valence-corrected chi connectivity index (χ4v) is 3.10. The maximum atomic E-state index is 13.2. The number of ether oxygens (including phenoxy) is 1. The highest BCUT2D eigenvalue weighted by molar-refractivity contribution is 6.30. The Morgan fingerprint density at radius 3 is 2.79 bits per heavy atom. The Bertz CT molecular complexity index is 868. The first-order valence-electron chi connectivity index (χ1n) is 8.69. The molecule has 1 fully saturated rings. The van der Waals surface area contributed by atoms with E-state index in [0.717, 1.165) is 11.6 Å². The van der Waals surface area contributed by atoms with Crippen LogP contribution >= 0.6 is 11.6 Å². The molecule has 2 N–H and O–H groups in total. The van der Waals surface area contributed by atoms with Gasteiger partial charge in [0.1, 0.15) is 0 Å². The molecule has 150 valence electrons. The van der Waals surface area contributed by atoms with Crippen molar-refractivity contribution in [3.05, 3.63) is 52.3 Å². The Kier molecular flexibility index (Phi) is 6.10. The van der Waals surface area contributed by atoms with Gasteiger partial charge in [0.15, 0.2) is 0 Å². The zero-order chi connectivity index (χ0) is 20.3. The van der Waals surface area contributed by atoms with Crippen molar-refractivity contribution in [2.75, 3.05) is 18.5 Å². The van der Waals surface area contributed by atoms with Crippen LogP contribution in [0.5, 0.6) is 0 Å². The zero-order valence-electron chi connectivity index (χ0n) is 15.1. The lowest BCUT2D eigenvalue weighted by atomic mass is 10.1. The lowest BCUT2D eigenvalue weighted by Crippen LogP contribution is -2.31. The number of rotatable bonds is 5. The number of nitrogens with one attached hydrogen (secondary N) is 2. The summed E-state index contributed by atoms with van der Waals surface area (Å²) >= 11 is 5.70. The lowest BCUT2D eigenvalue weighted by Gasteiger charge is -2.16. The molecule has 9 heteroatoms. The number of aryl methyl sites for hydroxylation is 1. The molecule has 1 atom stereocenters. The van der Waals surface area contributed by atoms with E-state index in [9.17, 15) is 18.0 Å². The van der Waals surface area contributed by atoms with Crippen LogP contribution in [-0.2, 0) is 22.3 Å². The van der Waals surface area contributed by atoms with Crippen LogP contribution < -0.4 is 10.6 Å². The van der Waals surface area contributed by atoms with Gasteiger partial charge in [-0.3, -0.25) is 9.78 Å². The molecular weight excluding hydrogens is 395 g/mol. The minimum absolute atomic E-state index is 0.00549. The summed E-state index contributed by atoms with van der Waals surface area (Å²) in [6.07, 6.45) is -2.41. The van der Waals surface area contributed by atoms with Crippen molar-refractivity contribution in [1.29, 1.82) is 0 Å². The van der Waals surface area contributed by atoms with E-state index in [2.05, 4.69) is 15.6 Å². The molecule has 0 saturated carbocycles. The number of aromatic nitrogens is 1. The van der Waals surface area contributed by atoms with E-state index in [-0.39, 0.29) is 29.1 Å². The van der Waals surface area contributed by atoms with Crippen molar-refractivity contribution in [2.45, 2.75) is 26.1 Å². The first-order valence-corrected chi connectivity index (χ1v) is 9.06. The summed E-state index contributed by atoms with van der Waals surface area (Å²) in [5, 5.41) is 5.57. The van der Waals surface area contributed by atoms with Crippen LogP contribution in [0.1, 0.15) is 23.2 Å². The molecule has 2 heterocycles. The maximum absolute atomic E-state index is 13.2. The molecular formula is C19H19ClF3N3O2. The number of alkyl halides is 3. The minimum Gasteiger partial charge on any atom is -0.381 e. The van der Waals surface area contributed by atoms with E-state index in [1.54, 1.807) is 13.0 Å².